The van der Waals surface area contributed by atoms with Crippen LogP contribution in [0.5, 0.6) is 0 Å². The molecule has 6 heteroatoms. The predicted octanol–water partition coefficient (Wildman–Crippen LogP) is 4.96. The standard InChI is InChI=1S/C16H10BrFN2OS/c17-11-6-7-12(13(18)8-11)15(21)20-16-19-14(9-22-16)10-4-2-1-3-5-10/h1-9H,(H,19,20,21). The average molecular weight is 377 g/mol. The summed E-state index contributed by atoms with van der Waals surface area (Å²) in [6, 6.07) is 14.0. The average Bonchev–Trinajstić information content (AvgIpc) is 2.96. The van der Waals surface area contributed by atoms with Gasteiger partial charge >= 0.3 is 0 Å². The maximum atomic E-state index is 13.8. The van der Waals surface area contributed by atoms with Crippen molar-refractivity contribution in [3.8, 4) is 11.3 Å². The highest BCUT2D eigenvalue weighted by Gasteiger charge is 2.14. The minimum Gasteiger partial charge on any atom is -0.298 e. The first-order valence-electron chi connectivity index (χ1n) is 6.41. The molecule has 0 saturated carbocycles. The van der Waals surface area contributed by atoms with E-state index in [4.69, 9.17) is 0 Å². The number of anilines is 1. The number of thiazole rings is 1. The molecular weight excluding hydrogens is 367 g/mol. The lowest BCUT2D eigenvalue weighted by Crippen LogP contribution is -2.13. The quantitative estimate of drug-likeness (QED) is 0.701. The molecule has 1 heterocycles. The van der Waals surface area contributed by atoms with Crippen LogP contribution in [0.25, 0.3) is 11.3 Å². The molecule has 1 amide bonds. The van der Waals surface area contributed by atoms with E-state index in [2.05, 4.69) is 26.2 Å². The summed E-state index contributed by atoms with van der Waals surface area (Å²) in [4.78, 5) is 16.4. The summed E-state index contributed by atoms with van der Waals surface area (Å²) in [7, 11) is 0. The monoisotopic (exact) mass is 376 g/mol. The Morgan fingerprint density at radius 2 is 1.95 bits per heavy atom. The van der Waals surface area contributed by atoms with E-state index in [1.165, 1.54) is 23.5 Å². The first-order chi connectivity index (χ1) is 10.6. The van der Waals surface area contributed by atoms with Gasteiger partial charge in [0.15, 0.2) is 5.13 Å². The minimum absolute atomic E-state index is 0.0142. The molecule has 0 spiro atoms. The third-order valence-corrected chi connectivity index (χ3v) is 4.22. The van der Waals surface area contributed by atoms with Crippen LogP contribution in [0.15, 0.2) is 58.4 Å². The van der Waals surface area contributed by atoms with Crippen molar-refractivity contribution in [2.24, 2.45) is 0 Å². The molecular formula is C16H10BrFN2OS. The largest absolute Gasteiger partial charge is 0.298 e. The van der Waals surface area contributed by atoms with Crippen molar-refractivity contribution in [3.63, 3.8) is 0 Å². The molecule has 2 aromatic carbocycles. The van der Waals surface area contributed by atoms with E-state index in [-0.39, 0.29) is 5.56 Å². The van der Waals surface area contributed by atoms with E-state index < -0.39 is 11.7 Å². The molecule has 22 heavy (non-hydrogen) atoms. The number of carbonyl (C=O) groups is 1. The van der Waals surface area contributed by atoms with E-state index in [9.17, 15) is 9.18 Å². The molecule has 3 aromatic rings. The number of nitrogens with zero attached hydrogens (tertiary/aromatic N) is 1. The lowest BCUT2D eigenvalue weighted by Gasteiger charge is -2.03. The van der Waals surface area contributed by atoms with Crippen LogP contribution in [0.4, 0.5) is 9.52 Å². The van der Waals surface area contributed by atoms with Crippen molar-refractivity contribution in [2.45, 2.75) is 0 Å². The number of aromatic nitrogens is 1. The Bertz CT molecular complexity index is 820. The number of nitrogens with one attached hydrogen (secondary N) is 1. The van der Waals surface area contributed by atoms with E-state index >= 15 is 0 Å². The Kier molecular flexibility index (Phi) is 4.31. The highest BCUT2D eigenvalue weighted by atomic mass is 79.9. The van der Waals surface area contributed by atoms with Crippen molar-refractivity contribution in [1.29, 1.82) is 0 Å². The summed E-state index contributed by atoms with van der Waals surface area (Å²) in [5, 5.41) is 4.91. The van der Waals surface area contributed by atoms with Gasteiger partial charge in [0.2, 0.25) is 0 Å². The summed E-state index contributed by atoms with van der Waals surface area (Å²) in [6.45, 7) is 0. The van der Waals surface area contributed by atoms with Crippen LogP contribution in [-0.2, 0) is 0 Å². The van der Waals surface area contributed by atoms with Gasteiger partial charge in [0.1, 0.15) is 5.82 Å². The fourth-order valence-electron chi connectivity index (χ4n) is 1.91. The van der Waals surface area contributed by atoms with Gasteiger partial charge in [0, 0.05) is 15.4 Å². The maximum Gasteiger partial charge on any atom is 0.260 e. The number of benzene rings is 2. The van der Waals surface area contributed by atoms with Gasteiger partial charge < -0.3 is 0 Å². The zero-order valence-corrected chi connectivity index (χ0v) is 13.6. The van der Waals surface area contributed by atoms with E-state index in [1.54, 1.807) is 6.07 Å². The SMILES string of the molecule is O=C(Nc1nc(-c2ccccc2)cs1)c1ccc(Br)cc1F. The molecule has 0 aliphatic carbocycles. The summed E-state index contributed by atoms with van der Waals surface area (Å²) in [5.74, 6) is -1.09. The van der Waals surface area contributed by atoms with Gasteiger partial charge in [-0.05, 0) is 18.2 Å². The second kappa shape index (κ2) is 6.37. The molecule has 1 N–H and O–H groups in total. The van der Waals surface area contributed by atoms with Gasteiger partial charge in [0.05, 0.1) is 11.3 Å². The normalized spacial score (nSPS) is 10.5. The summed E-state index contributed by atoms with van der Waals surface area (Å²) < 4.78 is 14.4. The first-order valence-corrected chi connectivity index (χ1v) is 8.08. The number of carbonyl (C=O) groups excluding carboxylic acids is 1. The third kappa shape index (κ3) is 3.23. The molecule has 0 unspecified atom stereocenters. The van der Waals surface area contributed by atoms with Gasteiger partial charge in [-0.15, -0.1) is 11.3 Å². The number of hydrogen-bond donors (Lipinski definition) is 1. The number of hydrogen-bond acceptors (Lipinski definition) is 3. The predicted molar refractivity (Wildman–Crippen MR) is 89.6 cm³/mol. The molecule has 0 radical (unpaired) electrons. The van der Waals surface area contributed by atoms with Crippen molar-refractivity contribution >= 4 is 38.3 Å². The summed E-state index contributed by atoms with van der Waals surface area (Å²) >= 11 is 4.46. The zero-order valence-electron chi connectivity index (χ0n) is 11.2. The lowest BCUT2D eigenvalue weighted by atomic mass is 10.2. The van der Waals surface area contributed by atoms with Gasteiger partial charge in [-0.1, -0.05) is 46.3 Å². The Balaban J connectivity index is 1.79. The van der Waals surface area contributed by atoms with Crippen LogP contribution in [0.2, 0.25) is 0 Å². The zero-order chi connectivity index (χ0) is 15.5. The van der Waals surface area contributed by atoms with Gasteiger partial charge in [0.25, 0.3) is 5.91 Å². The molecule has 3 nitrogen and oxygen atoms in total. The topological polar surface area (TPSA) is 42.0 Å². The summed E-state index contributed by atoms with van der Waals surface area (Å²) in [6.07, 6.45) is 0. The Morgan fingerprint density at radius 3 is 2.68 bits per heavy atom. The van der Waals surface area contributed by atoms with Crippen molar-refractivity contribution in [3.05, 3.63) is 69.8 Å². The van der Waals surface area contributed by atoms with Crippen molar-refractivity contribution in [2.75, 3.05) is 5.32 Å². The lowest BCUT2D eigenvalue weighted by molar-refractivity contribution is 0.102. The first kappa shape index (κ1) is 14.9. The Hall–Kier alpha value is -2.05. The minimum atomic E-state index is -0.577. The second-order valence-corrected chi connectivity index (χ2v) is 6.26. The van der Waals surface area contributed by atoms with E-state index in [0.29, 0.717) is 9.60 Å². The number of halogens is 2. The molecule has 1 aromatic heterocycles. The molecule has 0 saturated heterocycles. The van der Waals surface area contributed by atoms with E-state index in [1.807, 2.05) is 35.7 Å². The molecule has 0 bridgehead atoms. The molecule has 0 aliphatic rings. The van der Waals surface area contributed by atoms with E-state index in [0.717, 1.165) is 11.3 Å². The van der Waals surface area contributed by atoms with Crippen LogP contribution in [0, 0.1) is 5.82 Å². The highest BCUT2D eigenvalue weighted by Crippen LogP contribution is 2.25. The molecule has 0 fully saturated rings. The van der Waals surface area contributed by atoms with Crippen LogP contribution in [-0.4, -0.2) is 10.9 Å². The third-order valence-electron chi connectivity index (χ3n) is 2.97. The van der Waals surface area contributed by atoms with Crippen LogP contribution in [0.3, 0.4) is 0 Å². The van der Waals surface area contributed by atoms with Crippen LogP contribution in [0.1, 0.15) is 10.4 Å². The second-order valence-electron chi connectivity index (χ2n) is 4.48. The Labute approximate surface area is 139 Å². The van der Waals surface area contributed by atoms with Gasteiger partial charge in [-0.25, -0.2) is 9.37 Å². The Morgan fingerprint density at radius 1 is 1.18 bits per heavy atom. The fourth-order valence-corrected chi connectivity index (χ4v) is 2.96. The smallest absolute Gasteiger partial charge is 0.260 e. The molecule has 3 rings (SSSR count). The van der Waals surface area contributed by atoms with Crippen molar-refractivity contribution in [1.82, 2.24) is 4.98 Å². The molecule has 0 aliphatic heterocycles. The number of amides is 1. The molecule has 110 valence electrons. The number of rotatable bonds is 3. The van der Waals surface area contributed by atoms with Crippen LogP contribution >= 0.6 is 27.3 Å². The summed E-state index contributed by atoms with van der Waals surface area (Å²) in [5.41, 5.74) is 1.73. The van der Waals surface area contributed by atoms with Gasteiger partial charge in [-0.2, -0.15) is 0 Å². The highest BCUT2D eigenvalue weighted by molar-refractivity contribution is 9.10. The van der Waals surface area contributed by atoms with Crippen molar-refractivity contribution < 1.29 is 9.18 Å². The van der Waals surface area contributed by atoms with Gasteiger partial charge in [-0.3, -0.25) is 10.1 Å². The van der Waals surface area contributed by atoms with Crippen LogP contribution < -0.4 is 5.32 Å². The fraction of sp³-hybridized carbons (Fsp3) is 0. The maximum absolute atomic E-state index is 13.8. The molecule has 0 atom stereocenters.